The summed E-state index contributed by atoms with van der Waals surface area (Å²) in [5.74, 6) is 3.05. The molecule has 0 amide bonds. The van der Waals surface area contributed by atoms with E-state index in [0.29, 0.717) is 17.2 Å². The van der Waals surface area contributed by atoms with Crippen LogP contribution in [0, 0.1) is 13.8 Å². The summed E-state index contributed by atoms with van der Waals surface area (Å²) in [5, 5.41) is 0. The molecule has 0 aliphatic carbocycles. The molecule has 1 aromatic carbocycles. The number of aromatic nitrogens is 2. The average Bonchev–Trinajstić information content (AvgIpc) is 2.73. The Bertz CT molecular complexity index is 607. The lowest BCUT2D eigenvalue weighted by atomic mass is 10.1. The molecule has 1 aromatic heterocycles. The highest BCUT2D eigenvalue weighted by Crippen LogP contribution is 2.40. The van der Waals surface area contributed by atoms with Gasteiger partial charge in [0.2, 0.25) is 0 Å². The van der Waals surface area contributed by atoms with E-state index in [0.717, 1.165) is 17.1 Å². The molecule has 0 spiro atoms. The number of aromatic amines is 1. The second-order valence-electron chi connectivity index (χ2n) is 4.65. The van der Waals surface area contributed by atoms with Gasteiger partial charge in [-0.1, -0.05) is 0 Å². The first-order valence-corrected chi connectivity index (χ1v) is 6.39. The zero-order chi connectivity index (χ0) is 14.9. The summed E-state index contributed by atoms with van der Waals surface area (Å²) in [5.41, 5.74) is 3.16. The van der Waals surface area contributed by atoms with E-state index >= 15 is 0 Å². The Morgan fingerprint density at radius 1 is 0.950 bits per heavy atom. The summed E-state index contributed by atoms with van der Waals surface area (Å²) in [4.78, 5) is 3.38. The van der Waals surface area contributed by atoms with Crippen molar-refractivity contribution < 1.29 is 18.8 Å². The van der Waals surface area contributed by atoms with Gasteiger partial charge >= 0.3 is 0 Å². The number of benzene rings is 1. The van der Waals surface area contributed by atoms with Gasteiger partial charge in [-0.3, -0.25) is 0 Å². The average molecular weight is 277 g/mol. The maximum Gasteiger partial charge on any atom is 0.294 e. The Morgan fingerprint density at radius 2 is 1.50 bits per heavy atom. The standard InChI is InChI=1S/C15H20N2O3/c1-9-10(2)17(3)15(16-9)14-12(19-5)7-11(18-4)8-13(14)20-6/h7-8H,1-6H3/p+1. The largest absolute Gasteiger partial charge is 0.496 e. The second-order valence-corrected chi connectivity index (χ2v) is 4.65. The number of imidazole rings is 1. The topological polar surface area (TPSA) is 47.4 Å². The number of methoxy groups -OCH3 is 3. The number of aryl methyl sites for hydroxylation is 1. The van der Waals surface area contributed by atoms with Crippen molar-refractivity contribution in [2.75, 3.05) is 21.3 Å². The fourth-order valence-electron chi connectivity index (χ4n) is 2.24. The predicted molar refractivity (Wildman–Crippen MR) is 76.5 cm³/mol. The molecule has 0 atom stereocenters. The van der Waals surface area contributed by atoms with Crippen molar-refractivity contribution >= 4 is 0 Å². The van der Waals surface area contributed by atoms with E-state index in [1.54, 1.807) is 21.3 Å². The smallest absolute Gasteiger partial charge is 0.294 e. The van der Waals surface area contributed by atoms with Gasteiger partial charge in [0.25, 0.3) is 5.82 Å². The third kappa shape index (κ3) is 2.19. The van der Waals surface area contributed by atoms with E-state index in [4.69, 9.17) is 14.2 Å². The summed E-state index contributed by atoms with van der Waals surface area (Å²) >= 11 is 0. The van der Waals surface area contributed by atoms with E-state index in [2.05, 4.69) is 16.5 Å². The summed E-state index contributed by atoms with van der Waals surface area (Å²) < 4.78 is 18.3. The van der Waals surface area contributed by atoms with Crippen molar-refractivity contribution in [2.24, 2.45) is 7.05 Å². The van der Waals surface area contributed by atoms with Crippen LogP contribution in [0.25, 0.3) is 11.4 Å². The first kappa shape index (κ1) is 14.2. The Hall–Kier alpha value is -2.17. The molecule has 1 heterocycles. The maximum absolute atomic E-state index is 5.50. The van der Waals surface area contributed by atoms with E-state index in [9.17, 15) is 0 Å². The predicted octanol–water partition coefficient (Wildman–Crippen LogP) is 2.15. The monoisotopic (exact) mass is 277 g/mol. The molecule has 5 nitrogen and oxygen atoms in total. The van der Waals surface area contributed by atoms with Gasteiger partial charge in [-0.25, -0.2) is 9.55 Å². The molecule has 0 aliphatic heterocycles. The third-order valence-electron chi connectivity index (χ3n) is 3.64. The van der Waals surface area contributed by atoms with Crippen LogP contribution in [-0.4, -0.2) is 26.3 Å². The van der Waals surface area contributed by atoms with Crippen LogP contribution in [0.2, 0.25) is 0 Å². The van der Waals surface area contributed by atoms with E-state index in [1.807, 2.05) is 26.1 Å². The molecule has 0 saturated carbocycles. The lowest BCUT2D eigenvalue weighted by Crippen LogP contribution is -2.32. The number of hydrogen-bond acceptors (Lipinski definition) is 3. The lowest BCUT2D eigenvalue weighted by molar-refractivity contribution is -0.665. The van der Waals surface area contributed by atoms with Gasteiger partial charge in [0, 0.05) is 26.0 Å². The molecular weight excluding hydrogens is 256 g/mol. The quantitative estimate of drug-likeness (QED) is 0.871. The van der Waals surface area contributed by atoms with Crippen molar-refractivity contribution in [3.05, 3.63) is 23.5 Å². The third-order valence-corrected chi connectivity index (χ3v) is 3.64. The Labute approximate surface area is 119 Å². The number of nitrogens with zero attached hydrogens (tertiary/aromatic N) is 1. The summed E-state index contributed by atoms with van der Waals surface area (Å²) in [6.07, 6.45) is 0. The summed E-state index contributed by atoms with van der Waals surface area (Å²) in [7, 11) is 6.91. The Kier molecular flexibility index (Phi) is 3.88. The number of nitrogens with one attached hydrogen (secondary N) is 1. The molecule has 2 rings (SSSR count). The molecule has 0 fully saturated rings. The highest BCUT2D eigenvalue weighted by Gasteiger charge is 2.26. The number of H-pyrrole nitrogens is 1. The van der Waals surface area contributed by atoms with Crippen LogP contribution in [0.3, 0.4) is 0 Å². The molecule has 0 saturated heterocycles. The van der Waals surface area contributed by atoms with Gasteiger partial charge in [-0.15, -0.1) is 0 Å². The van der Waals surface area contributed by atoms with E-state index in [1.165, 1.54) is 5.69 Å². The van der Waals surface area contributed by atoms with Crippen LogP contribution in [0.15, 0.2) is 12.1 Å². The minimum Gasteiger partial charge on any atom is -0.496 e. The van der Waals surface area contributed by atoms with Crippen molar-refractivity contribution in [1.82, 2.24) is 4.98 Å². The first-order chi connectivity index (χ1) is 9.53. The normalized spacial score (nSPS) is 10.5. The van der Waals surface area contributed by atoms with Crippen LogP contribution in [-0.2, 0) is 7.05 Å². The van der Waals surface area contributed by atoms with E-state index < -0.39 is 0 Å². The minimum absolute atomic E-state index is 0.699. The van der Waals surface area contributed by atoms with Gasteiger partial charge in [-0.2, -0.15) is 0 Å². The number of rotatable bonds is 4. The van der Waals surface area contributed by atoms with Gasteiger partial charge in [0.15, 0.2) is 0 Å². The molecular formula is C15H21N2O3+. The molecule has 108 valence electrons. The zero-order valence-electron chi connectivity index (χ0n) is 12.8. The molecule has 0 radical (unpaired) electrons. The minimum atomic E-state index is 0.699. The molecule has 2 aromatic rings. The summed E-state index contributed by atoms with van der Waals surface area (Å²) in [6, 6.07) is 3.70. The van der Waals surface area contributed by atoms with Crippen molar-refractivity contribution in [3.63, 3.8) is 0 Å². The van der Waals surface area contributed by atoms with Crippen LogP contribution in [0.4, 0.5) is 0 Å². The molecule has 0 unspecified atom stereocenters. The van der Waals surface area contributed by atoms with Crippen LogP contribution in [0.5, 0.6) is 17.2 Å². The molecule has 0 bridgehead atoms. The van der Waals surface area contributed by atoms with Gasteiger partial charge in [0.05, 0.1) is 28.4 Å². The highest BCUT2D eigenvalue weighted by atomic mass is 16.5. The molecule has 0 aliphatic rings. The SMILES string of the molecule is COc1cc(OC)c(-c2[nH]c(C)c(C)[n+]2C)c(OC)c1. The highest BCUT2D eigenvalue weighted by molar-refractivity contribution is 5.72. The molecule has 20 heavy (non-hydrogen) atoms. The maximum atomic E-state index is 5.50. The van der Waals surface area contributed by atoms with Crippen molar-refractivity contribution in [1.29, 1.82) is 0 Å². The lowest BCUT2D eigenvalue weighted by Gasteiger charge is -2.12. The van der Waals surface area contributed by atoms with Crippen LogP contribution < -0.4 is 18.8 Å². The number of ether oxygens (including phenoxy) is 3. The summed E-state index contributed by atoms with van der Waals surface area (Å²) in [6.45, 7) is 4.11. The van der Waals surface area contributed by atoms with Crippen LogP contribution in [0.1, 0.15) is 11.4 Å². The molecule has 1 N–H and O–H groups in total. The van der Waals surface area contributed by atoms with E-state index in [-0.39, 0.29) is 0 Å². The van der Waals surface area contributed by atoms with Crippen molar-refractivity contribution in [2.45, 2.75) is 13.8 Å². The van der Waals surface area contributed by atoms with Gasteiger partial charge in [0.1, 0.15) is 34.2 Å². The fourth-order valence-corrected chi connectivity index (χ4v) is 2.24. The number of hydrogen-bond donors (Lipinski definition) is 1. The Balaban J connectivity index is 2.74. The zero-order valence-corrected chi connectivity index (χ0v) is 12.8. The fraction of sp³-hybridized carbons (Fsp3) is 0.400. The molecule has 5 heteroatoms. The Morgan fingerprint density at radius 3 is 1.85 bits per heavy atom. The van der Waals surface area contributed by atoms with Crippen molar-refractivity contribution in [3.8, 4) is 28.6 Å². The van der Waals surface area contributed by atoms with Gasteiger partial charge < -0.3 is 14.2 Å². The van der Waals surface area contributed by atoms with Crippen LogP contribution >= 0.6 is 0 Å². The van der Waals surface area contributed by atoms with Gasteiger partial charge in [-0.05, 0) is 0 Å². The second kappa shape index (κ2) is 5.45. The first-order valence-electron chi connectivity index (χ1n) is 6.39.